The molecule has 0 saturated carbocycles. The van der Waals surface area contributed by atoms with Crippen LogP contribution in [0.25, 0.3) is 0 Å². The van der Waals surface area contributed by atoms with E-state index in [9.17, 15) is 18.0 Å². The smallest absolute Gasteiger partial charge is 0.262 e. The van der Waals surface area contributed by atoms with Gasteiger partial charge in [-0.3, -0.25) is 9.48 Å². The van der Waals surface area contributed by atoms with E-state index in [1.54, 1.807) is 29.1 Å². The van der Waals surface area contributed by atoms with E-state index in [1.807, 2.05) is 31.2 Å². The maximum absolute atomic E-state index is 13.9. The number of aryl methyl sites for hydroxylation is 1. The van der Waals surface area contributed by atoms with Crippen molar-refractivity contribution in [2.24, 2.45) is 0 Å². The molecule has 1 aliphatic rings. The van der Waals surface area contributed by atoms with Crippen LogP contribution in [0.5, 0.6) is 0 Å². The molecule has 2 N–H and O–H groups in total. The second kappa shape index (κ2) is 9.28. The van der Waals surface area contributed by atoms with Crippen molar-refractivity contribution in [2.45, 2.75) is 38.4 Å². The zero-order chi connectivity index (χ0) is 24.5. The number of nitrogens with one attached hydrogen (secondary N) is 2. The average molecular weight is 480 g/mol. The zero-order valence-corrected chi connectivity index (χ0v) is 18.8. The van der Waals surface area contributed by atoms with Crippen LogP contribution in [0.4, 0.5) is 24.8 Å². The minimum atomic E-state index is -2.64. The van der Waals surface area contributed by atoms with Gasteiger partial charge in [-0.1, -0.05) is 42.0 Å². The Morgan fingerprint density at radius 3 is 2.60 bits per heavy atom. The summed E-state index contributed by atoms with van der Waals surface area (Å²) in [5.74, 6) is -0.286. The molecule has 2 aromatic heterocycles. The van der Waals surface area contributed by atoms with Crippen molar-refractivity contribution in [3.05, 3.63) is 95.1 Å². The van der Waals surface area contributed by atoms with Crippen molar-refractivity contribution >= 4 is 17.5 Å². The van der Waals surface area contributed by atoms with Crippen LogP contribution < -0.4 is 10.6 Å². The number of benzene rings is 2. The molecular formula is C25H23F3N6O. The topological polar surface area (TPSA) is 76.8 Å². The van der Waals surface area contributed by atoms with E-state index in [-0.39, 0.29) is 29.7 Å². The van der Waals surface area contributed by atoms with Crippen molar-refractivity contribution in [3.63, 3.8) is 0 Å². The number of halogens is 3. The highest BCUT2D eigenvalue weighted by Crippen LogP contribution is 2.39. The highest BCUT2D eigenvalue weighted by atomic mass is 19.3. The lowest BCUT2D eigenvalue weighted by molar-refractivity contribution is 0.0657. The highest BCUT2D eigenvalue weighted by Gasteiger charge is 2.36. The maximum atomic E-state index is 13.9. The number of alkyl halides is 2. The lowest BCUT2D eigenvalue weighted by atomic mass is 9.96. The lowest BCUT2D eigenvalue weighted by Crippen LogP contribution is -2.31. The van der Waals surface area contributed by atoms with Crippen LogP contribution in [-0.2, 0) is 6.54 Å². The van der Waals surface area contributed by atoms with Gasteiger partial charge in [0, 0.05) is 12.3 Å². The van der Waals surface area contributed by atoms with Crippen molar-refractivity contribution in [1.82, 2.24) is 19.6 Å². The number of anilines is 2. The van der Waals surface area contributed by atoms with Crippen LogP contribution in [0, 0.1) is 12.7 Å². The fourth-order valence-electron chi connectivity index (χ4n) is 4.19. The minimum Gasteiger partial charge on any atom is -0.363 e. The molecule has 0 spiro atoms. The number of carbonyl (C=O) groups is 1. The molecule has 7 nitrogen and oxygen atoms in total. The van der Waals surface area contributed by atoms with Crippen LogP contribution in [0.3, 0.4) is 0 Å². The van der Waals surface area contributed by atoms with E-state index in [4.69, 9.17) is 0 Å². The number of amides is 1. The number of hydrogen-bond donors (Lipinski definition) is 2. The number of aromatic nitrogens is 4. The van der Waals surface area contributed by atoms with E-state index in [1.165, 1.54) is 23.0 Å². The zero-order valence-electron chi connectivity index (χ0n) is 18.8. The summed E-state index contributed by atoms with van der Waals surface area (Å²) in [6.45, 7) is 2.35. The molecule has 2 atom stereocenters. The summed E-state index contributed by atoms with van der Waals surface area (Å²) in [5.41, 5.74) is 2.93. The third-order valence-electron chi connectivity index (χ3n) is 6.05. The molecule has 10 heteroatoms. The third-order valence-corrected chi connectivity index (χ3v) is 6.05. The molecule has 1 amide bonds. The molecule has 0 radical (unpaired) electrons. The average Bonchev–Trinajstić information content (AvgIpc) is 3.47. The first-order valence-corrected chi connectivity index (χ1v) is 11.2. The molecule has 180 valence electrons. The Kier molecular flexibility index (Phi) is 6.02. The number of nitrogens with zero attached hydrogens (tertiary/aromatic N) is 4. The van der Waals surface area contributed by atoms with E-state index in [0.29, 0.717) is 12.4 Å². The summed E-state index contributed by atoms with van der Waals surface area (Å²) in [6, 6.07) is 13.8. The molecule has 2 aromatic carbocycles. The van der Waals surface area contributed by atoms with E-state index >= 15 is 0 Å². The van der Waals surface area contributed by atoms with Gasteiger partial charge in [0.1, 0.15) is 23.2 Å². The van der Waals surface area contributed by atoms with Gasteiger partial charge in [0.05, 0.1) is 18.8 Å². The van der Waals surface area contributed by atoms with Gasteiger partial charge in [-0.15, -0.1) is 0 Å². The van der Waals surface area contributed by atoms with Crippen molar-refractivity contribution < 1.29 is 18.0 Å². The number of fused-ring (bicyclic) bond motifs is 1. The molecule has 0 fully saturated rings. The number of rotatable bonds is 6. The Labute approximate surface area is 199 Å². The summed E-state index contributed by atoms with van der Waals surface area (Å²) in [4.78, 5) is 13.0. The van der Waals surface area contributed by atoms with E-state index in [0.717, 1.165) is 16.7 Å². The molecule has 1 aliphatic heterocycles. The second-order valence-corrected chi connectivity index (χ2v) is 8.58. The predicted molar refractivity (Wildman–Crippen MR) is 125 cm³/mol. The summed E-state index contributed by atoms with van der Waals surface area (Å²) < 4.78 is 43.7. The Morgan fingerprint density at radius 1 is 1.14 bits per heavy atom. The van der Waals surface area contributed by atoms with Crippen LogP contribution in [0.1, 0.15) is 45.6 Å². The first kappa shape index (κ1) is 22.7. The summed E-state index contributed by atoms with van der Waals surface area (Å²) >= 11 is 0. The van der Waals surface area contributed by atoms with Crippen molar-refractivity contribution in [3.8, 4) is 0 Å². The van der Waals surface area contributed by atoms with Gasteiger partial charge >= 0.3 is 0 Å². The first-order chi connectivity index (χ1) is 16.9. The molecule has 0 saturated heterocycles. The van der Waals surface area contributed by atoms with E-state index < -0.39 is 18.4 Å². The van der Waals surface area contributed by atoms with Gasteiger partial charge < -0.3 is 10.6 Å². The van der Waals surface area contributed by atoms with Crippen LogP contribution >= 0.6 is 0 Å². The second-order valence-electron chi connectivity index (χ2n) is 8.58. The first-order valence-electron chi connectivity index (χ1n) is 11.2. The molecule has 4 aromatic rings. The Hall–Kier alpha value is -4.08. The fourth-order valence-corrected chi connectivity index (χ4v) is 4.19. The molecule has 0 unspecified atom stereocenters. The molecule has 0 aliphatic carbocycles. The molecule has 5 rings (SSSR count). The lowest BCUT2D eigenvalue weighted by Gasteiger charge is -2.32. The minimum absolute atomic E-state index is 0.143. The van der Waals surface area contributed by atoms with Crippen LogP contribution in [0.2, 0.25) is 0 Å². The Morgan fingerprint density at radius 2 is 1.89 bits per heavy atom. The highest BCUT2D eigenvalue weighted by molar-refractivity contribution is 6.07. The van der Waals surface area contributed by atoms with Gasteiger partial charge in [0.25, 0.3) is 12.3 Å². The number of carbonyl (C=O) groups excluding carboxylic acids is 1. The van der Waals surface area contributed by atoms with Gasteiger partial charge in [-0.2, -0.15) is 10.2 Å². The molecular weight excluding hydrogens is 457 g/mol. The molecule has 3 heterocycles. The molecule has 0 bridgehead atoms. The maximum Gasteiger partial charge on any atom is 0.262 e. The van der Waals surface area contributed by atoms with Gasteiger partial charge in [-0.05, 0) is 36.6 Å². The van der Waals surface area contributed by atoms with Crippen LogP contribution in [0.15, 0.2) is 67.0 Å². The van der Waals surface area contributed by atoms with Gasteiger partial charge in [0.15, 0.2) is 5.82 Å². The SMILES string of the molecule is Cc1ccc([C@H]2C[C@H](C(F)F)n3ncc(C(=O)Nc4ccn(Cc5ccc(F)cc5)n4)c3N2)cc1. The summed E-state index contributed by atoms with van der Waals surface area (Å²) in [7, 11) is 0. The molecule has 35 heavy (non-hydrogen) atoms. The monoisotopic (exact) mass is 480 g/mol. The van der Waals surface area contributed by atoms with Gasteiger partial charge in [-0.25, -0.2) is 17.9 Å². The standard InChI is InChI=1S/C25H23F3N6O/c1-15-2-6-17(7-3-15)20-12-21(23(27)28)34-24(30-20)19(13-29-34)25(35)31-22-10-11-33(32-22)14-16-4-8-18(26)9-5-16/h2-11,13,20-21,23,30H,12,14H2,1H3,(H,31,32,35)/t20-,21-/m1/s1. The van der Waals surface area contributed by atoms with Gasteiger partial charge in [0.2, 0.25) is 0 Å². The third kappa shape index (κ3) is 4.77. The van der Waals surface area contributed by atoms with Crippen LogP contribution in [-0.4, -0.2) is 31.9 Å². The Bertz CT molecular complexity index is 1330. The summed E-state index contributed by atoms with van der Waals surface area (Å²) in [6.07, 6.45) is 0.483. The quantitative estimate of drug-likeness (QED) is 0.398. The summed E-state index contributed by atoms with van der Waals surface area (Å²) in [5, 5.41) is 14.3. The van der Waals surface area contributed by atoms with E-state index in [2.05, 4.69) is 20.8 Å². The fraction of sp³-hybridized carbons (Fsp3) is 0.240. The Balaban J connectivity index is 1.35. The predicted octanol–water partition coefficient (Wildman–Crippen LogP) is 5.19. The number of hydrogen-bond acceptors (Lipinski definition) is 4. The normalized spacial score (nSPS) is 17.2. The van der Waals surface area contributed by atoms with Crippen molar-refractivity contribution in [2.75, 3.05) is 10.6 Å². The largest absolute Gasteiger partial charge is 0.363 e. The van der Waals surface area contributed by atoms with Crippen molar-refractivity contribution in [1.29, 1.82) is 0 Å².